The van der Waals surface area contributed by atoms with E-state index in [0.29, 0.717) is 31.7 Å². The number of morpholine rings is 1. The Labute approximate surface area is 252 Å². The Morgan fingerprint density at radius 3 is 2.14 bits per heavy atom. The van der Waals surface area contributed by atoms with E-state index in [4.69, 9.17) is 15.2 Å². The van der Waals surface area contributed by atoms with Gasteiger partial charge in [-0.05, 0) is 48.4 Å². The standard InChI is InChI=1S/C34H40N4O5/c1-42-34(41)38(33(40)31(35)30(25-13-4-2-5-14-25)26-15-6-3-7-16-26)29-17-9-8-12-24(29)18-19-27-22-36-28(23-43-27)32(39)37-20-10-11-21-37/h2-9,12-17,27-28,30-31,36H,10-11,18-23,35H2,1H3/t27-,28+,31+/m1/s1. The number of nitrogens with two attached hydrogens (primary N) is 1. The Morgan fingerprint density at radius 1 is 0.953 bits per heavy atom. The molecule has 3 N–H and O–H groups in total. The molecule has 0 aromatic heterocycles. The second-order valence-electron chi connectivity index (χ2n) is 11.1. The lowest BCUT2D eigenvalue weighted by molar-refractivity contribution is -0.137. The number of anilines is 1. The maximum absolute atomic E-state index is 14.1. The number of aryl methyl sites for hydroxylation is 1. The van der Waals surface area contributed by atoms with Gasteiger partial charge in [0.15, 0.2) is 0 Å². The second-order valence-corrected chi connectivity index (χ2v) is 11.1. The third-order valence-electron chi connectivity index (χ3n) is 8.31. The summed E-state index contributed by atoms with van der Waals surface area (Å²) in [7, 11) is 1.25. The fraction of sp³-hybridized carbons (Fsp3) is 0.382. The number of imide groups is 1. The summed E-state index contributed by atoms with van der Waals surface area (Å²) < 4.78 is 11.2. The molecule has 2 aliphatic rings. The van der Waals surface area contributed by atoms with Gasteiger partial charge in [-0.25, -0.2) is 9.69 Å². The number of amides is 3. The van der Waals surface area contributed by atoms with E-state index >= 15 is 0 Å². The molecule has 226 valence electrons. The molecule has 9 nitrogen and oxygen atoms in total. The summed E-state index contributed by atoms with van der Waals surface area (Å²) >= 11 is 0. The van der Waals surface area contributed by atoms with E-state index in [1.54, 1.807) is 12.1 Å². The molecule has 2 heterocycles. The highest BCUT2D eigenvalue weighted by Crippen LogP contribution is 2.31. The molecule has 2 saturated heterocycles. The third kappa shape index (κ3) is 7.13. The molecule has 3 amide bonds. The number of ether oxygens (including phenoxy) is 2. The van der Waals surface area contributed by atoms with E-state index in [-0.39, 0.29) is 18.1 Å². The highest BCUT2D eigenvalue weighted by atomic mass is 16.5. The minimum Gasteiger partial charge on any atom is -0.452 e. The number of carbonyl (C=O) groups is 3. The van der Waals surface area contributed by atoms with Crippen molar-refractivity contribution in [2.24, 2.45) is 5.73 Å². The lowest BCUT2D eigenvalue weighted by atomic mass is 9.84. The molecule has 0 unspecified atom stereocenters. The van der Waals surface area contributed by atoms with Gasteiger partial charge in [-0.15, -0.1) is 0 Å². The SMILES string of the molecule is COC(=O)N(C(=O)[C@@H](N)C(c1ccccc1)c1ccccc1)c1ccccc1CC[C@@H]1CN[C@H](C(=O)N2CCCC2)CO1. The van der Waals surface area contributed by atoms with Gasteiger partial charge in [-0.2, -0.15) is 0 Å². The minimum absolute atomic E-state index is 0.106. The average Bonchev–Trinajstić information content (AvgIpc) is 3.60. The first-order chi connectivity index (χ1) is 21.0. The normalized spacial score (nSPS) is 19.2. The minimum atomic E-state index is -1.06. The Bertz CT molecular complexity index is 1330. The smallest absolute Gasteiger partial charge is 0.420 e. The van der Waals surface area contributed by atoms with Gasteiger partial charge in [-0.1, -0.05) is 78.9 Å². The number of benzene rings is 3. The molecule has 0 aliphatic carbocycles. The summed E-state index contributed by atoms with van der Waals surface area (Å²) in [6, 6.07) is 25.1. The fourth-order valence-corrected chi connectivity index (χ4v) is 6.00. The topological polar surface area (TPSA) is 114 Å². The van der Waals surface area contributed by atoms with Gasteiger partial charge in [0.25, 0.3) is 5.91 Å². The van der Waals surface area contributed by atoms with E-state index in [1.165, 1.54) is 7.11 Å². The molecule has 0 spiro atoms. The lowest BCUT2D eigenvalue weighted by Gasteiger charge is -2.32. The lowest BCUT2D eigenvalue weighted by Crippen LogP contribution is -2.54. The van der Waals surface area contributed by atoms with Crippen molar-refractivity contribution >= 4 is 23.6 Å². The Balaban J connectivity index is 1.32. The number of nitrogens with zero attached hydrogens (tertiary/aromatic N) is 2. The van der Waals surface area contributed by atoms with Crippen molar-refractivity contribution in [3.8, 4) is 0 Å². The van der Waals surface area contributed by atoms with Gasteiger partial charge >= 0.3 is 6.09 Å². The van der Waals surface area contributed by atoms with Crippen LogP contribution in [0.15, 0.2) is 84.9 Å². The third-order valence-corrected chi connectivity index (χ3v) is 8.31. The van der Waals surface area contributed by atoms with Gasteiger partial charge in [0, 0.05) is 25.6 Å². The number of rotatable bonds is 9. The predicted molar refractivity (Wildman–Crippen MR) is 165 cm³/mol. The maximum atomic E-state index is 14.1. The molecule has 0 radical (unpaired) electrons. The van der Waals surface area contributed by atoms with E-state index in [0.717, 1.165) is 47.5 Å². The zero-order valence-corrected chi connectivity index (χ0v) is 24.6. The average molecular weight is 585 g/mol. The van der Waals surface area contributed by atoms with Crippen LogP contribution in [0.4, 0.5) is 10.5 Å². The van der Waals surface area contributed by atoms with Crippen LogP contribution in [-0.4, -0.2) is 74.3 Å². The number of carbonyl (C=O) groups excluding carboxylic acids is 3. The number of para-hydroxylation sites is 1. The summed E-state index contributed by atoms with van der Waals surface area (Å²) in [5, 5.41) is 3.35. The van der Waals surface area contributed by atoms with Crippen LogP contribution in [0.3, 0.4) is 0 Å². The van der Waals surface area contributed by atoms with E-state index in [2.05, 4.69) is 5.32 Å². The molecule has 0 bridgehead atoms. The van der Waals surface area contributed by atoms with Gasteiger partial charge < -0.3 is 25.4 Å². The Kier molecular flexibility index (Phi) is 10.2. The first kappa shape index (κ1) is 30.4. The maximum Gasteiger partial charge on any atom is 0.420 e. The largest absolute Gasteiger partial charge is 0.452 e. The number of methoxy groups -OCH3 is 1. The van der Waals surface area contributed by atoms with Crippen LogP contribution in [-0.2, 0) is 25.5 Å². The molecule has 3 atom stereocenters. The molecule has 3 aromatic carbocycles. The monoisotopic (exact) mass is 584 g/mol. The summed E-state index contributed by atoms with van der Waals surface area (Å²) in [5.41, 5.74) is 9.69. The molecule has 9 heteroatoms. The van der Waals surface area contributed by atoms with Crippen LogP contribution < -0.4 is 16.0 Å². The molecule has 5 rings (SSSR count). The van der Waals surface area contributed by atoms with Gasteiger partial charge in [0.05, 0.1) is 31.5 Å². The van der Waals surface area contributed by atoms with Crippen molar-refractivity contribution in [1.29, 1.82) is 0 Å². The van der Waals surface area contributed by atoms with Crippen molar-refractivity contribution in [2.75, 3.05) is 38.3 Å². The second kappa shape index (κ2) is 14.4. The number of nitrogens with one attached hydrogen (secondary N) is 1. The van der Waals surface area contributed by atoms with Crippen LogP contribution >= 0.6 is 0 Å². The van der Waals surface area contributed by atoms with Crippen LogP contribution in [0, 0.1) is 0 Å². The van der Waals surface area contributed by atoms with Gasteiger partial charge in [0.1, 0.15) is 6.04 Å². The molecule has 2 fully saturated rings. The van der Waals surface area contributed by atoms with E-state index in [1.807, 2.05) is 77.7 Å². The summed E-state index contributed by atoms with van der Waals surface area (Å²) in [6.45, 7) is 2.50. The number of hydrogen-bond acceptors (Lipinski definition) is 7. The molecular weight excluding hydrogens is 544 g/mol. The molecule has 0 saturated carbocycles. The first-order valence-electron chi connectivity index (χ1n) is 15.0. The molecule has 2 aliphatic heterocycles. The van der Waals surface area contributed by atoms with E-state index in [9.17, 15) is 14.4 Å². The van der Waals surface area contributed by atoms with Gasteiger partial charge in [-0.3, -0.25) is 9.59 Å². The van der Waals surface area contributed by atoms with Gasteiger partial charge in [0.2, 0.25) is 5.91 Å². The Hall–Kier alpha value is -4.05. The zero-order valence-electron chi connectivity index (χ0n) is 24.6. The predicted octanol–water partition coefficient (Wildman–Crippen LogP) is 3.86. The van der Waals surface area contributed by atoms with Crippen LogP contribution in [0.2, 0.25) is 0 Å². The van der Waals surface area contributed by atoms with Crippen molar-refractivity contribution in [3.05, 3.63) is 102 Å². The summed E-state index contributed by atoms with van der Waals surface area (Å²) in [4.78, 5) is 43.0. The quantitative estimate of drug-likeness (QED) is 0.393. The van der Waals surface area contributed by atoms with E-state index < -0.39 is 24.0 Å². The summed E-state index contributed by atoms with van der Waals surface area (Å²) in [6.07, 6.45) is 2.38. The Morgan fingerprint density at radius 2 is 1.56 bits per heavy atom. The first-order valence-corrected chi connectivity index (χ1v) is 15.0. The van der Waals surface area contributed by atoms with Crippen molar-refractivity contribution in [1.82, 2.24) is 10.2 Å². The van der Waals surface area contributed by atoms with Crippen LogP contribution in [0.1, 0.15) is 41.9 Å². The van der Waals surface area contributed by atoms with Crippen LogP contribution in [0.25, 0.3) is 0 Å². The molecule has 3 aromatic rings. The molecule has 43 heavy (non-hydrogen) atoms. The van der Waals surface area contributed by atoms with Crippen molar-refractivity contribution in [2.45, 2.75) is 49.8 Å². The molecular formula is C34H40N4O5. The number of likely N-dealkylation sites (tertiary alicyclic amines) is 1. The highest BCUT2D eigenvalue weighted by molar-refractivity contribution is 6.15. The zero-order chi connectivity index (χ0) is 30.2. The van der Waals surface area contributed by atoms with Crippen molar-refractivity contribution < 1.29 is 23.9 Å². The van der Waals surface area contributed by atoms with Crippen LogP contribution in [0.5, 0.6) is 0 Å². The van der Waals surface area contributed by atoms with Crippen molar-refractivity contribution in [3.63, 3.8) is 0 Å². The number of hydrogen-bond donors (Lipinski definition) is 2. The fourth-order valence-electron chi connectivity index (χ4n) is 6.00. The summed E-state index contributed by atoms with van der Waals surface area (Å²) in [5.74, 6) is -0.933. The highest BCUT2D eigenvalue weighted by Gasteiger charge is 2.36.